The molecule has 1 aromatic rings. The molecule has 0 spiro atoms. The fourth-order valence-corrected chi connectivity index (χ4v) is 3.31. The number of hydrogen-bond acceptors (Lipinski definition) is 6. The first kappa shape index (κ1) is 22.7. The van der Waals surface area contributed by atoms with Crippen LogP contribution in [0.2, 0.25) is 0 Å². The monoisotopic (exact) mass is 404 g/mol. The quantitative estimate of drug-likeness (QED) is 0.682. The highest BCUT2D eigenvalue weighted by atomic mass is 16.5. The minimum Gasteiger partial charge on any atom is -0.503 e. The molecular formula is C22H32N2O5. The van der Waals surface area contributed by atoms with E-state index in [0.29, 0.717) is 30.2 Å². The topological polar surface area (TPSA) is 79.3 Å². The highest BCUT2D eigenvalue weighted by Crippen LogP contribution is 2.41. The van der Waals surface area contributed by atoms with E-state index in [4.69, 9.17) is 9.47 Å². The van der Waals surface area contributed by atoms with Gasteiger partial charge in [-0.2, -0.15) is 0 Å². The van der Waals surface area contributed by atoms with Crippen molar-refractivity contribution in [2.45, 2.75) is 39.8 Å². The third kappa shape index (κ3) is 4.90. The molecular weight excluding hydrogens is 372 g/mol. The second-order valence-corrected chi connectivity index (χ2v) is 8.06. The minimum atomic E-state index is -0.667. The van der Waals surface area contributed by atoms with Crippen LogP contribution in [-0.2, 0) is 9.59 Å². The van der Waals surface area contributed by atoms with Gasteiger partial charge in [0.2, 0.25) is 0 Å². The number of carbonyl (C=O) groups excluding carboxylic acids is 2. The number of aliphatic hydroxyl groups excluding tert-OH is 1. The highest BCUT2D eigenvalue weighted by Gasteiger charge is 2.44. The van der Waals surface area contributed by atoms with Gasteiger partial charge in [0.05, 0.1) is 24.8 Å². The molecule has 1 N–H and O–H groups in total. The SMILES string of the molecule is COc1cc(C2C(C(=O)C(C)C)=C(O)C(=O)N2CCN(C)C)ccc1OC(C)C. The van der Waals surface area contributed by atoms with Gasteiger partial charge in [0, 0.05) is 19.0 Å². The Balaban J connectivity index is 2.55. The first-order chi connectivity index (χ1) is 13.6. The van der Waals surface area contributed by atoms with Crippen molar-refractivity contribution < 1.29 is 24.2 Å². The van der Waals surface area contributed by atoms with Crippen LogP contribution in [0, 0.1) is 5.92 Å². The number of ether oxygens (including phenoxy) is 2. The van der Waals surface area contributed by atoms with E-state index in [-0.39, 0.29) is 23.4 Å². The minimum absolute atomic E-state index is 0.0265. The van der Waals surface area contributed by atoms with Gasteiger partial charge in [0.1, 0.15) is 0 Å². The van der Waals surface area contributed by atoms with Crippen LogP contribution in [0.4, 0.5) is 0 Å². The Kier molecular flexibility index (Phi) is 7.30. The summed E-state index contributed by atoms with van der Waals surface area (Å²) < 4.78 is 11.3. The van der Waals surface area contributed by atoms with Crippen molar-refractivity contribution in [3.05, 3.63) is 35.1 Å². The Hall–Kier alpha value is -2.54. The van der Waals surface area contributed by atoms with Gasteiger partial charge in [-0.15, -0.1) is 0 Å². The first-order valence-electron chi connectivity index (χ1n) is 9.86. The molecule has 7 nitrogen and oxygen atoms in total. The van der Waals surface area contributed by atoms with Gasteiger partial charge < -0.3 is 24.4 Å². The Labute approximate surface area is 172 Å². The van der Waals surface area contributed by atoms with Crippen LogP contribution >= 0.6 is 0 Å². The molecule has 2 rings (SSSR count). The number of hydrogen-bond donors (Lipinski definition) is 1. The van der Waals surface area contributed by atoms with Crippen LogP contribution in [0.3, 0.4) is 0 Å². The Bertz CT molecular complexity index is 798. The van der Waals surface area contributed by atoms with E-state index in [1.54, 1.807) is 38.0 Å². The number of aliphatic hydroxyl groups is 1. The standard InChI is InChI=1S/C22H32N2O5/c1-13(2)20(25)18-19(24(11-10-23(5)6)22(27)21(18)26)15-8-9-16(29-14(3)4)17(12-15)28-7/h8-9,12-14,19,26H,10-11H2,1-7H3. The van der Waals surface area contributed by atoms with Gasteiger partial charge in [-0.25, -0.2) is 0 Å². The van der Waals surface area contributed by atoms with Gasteiger partial charge in [-0.1, -0.05) is 19.9 Å². The molecule has 29 heavy (non-hydrogen) atoms. The Morgan fingerprint density at radius 1 is 1.21 bits per heavy atom. The number of benzene rings is 1. The Morgan fingerprint density at radius 3 is 2.38 bits per heavy atom. The zero-order valence-electron chi connectivity index (χ0n) is 18.4. The molecule has 1 aromatic carbocycles. The van der Waals surface area contributed by atoms with E-state index in [1.807, 2.05) is 38.9 Å². The normalized spacial score (nSPS) is 17.1. The van der Waals surface area contributed by atoms with E-state index in [2.05, 4.69) is 0 Å². The number of Topliss-reactive ketones (excluding diaryl/α,β-unsaturated/α-hetero) is 1. The summed E-state index contributed by atoms with van der Waals surface area (Å²) in [5.74, 6) is -0.480. The van der Waals surface area contributed by atoms with Crippen molar-refractivity contribution in [1.82, 2.24) is 9.80 Å². The summed E-state index contributed by atoms with van der Waals surface area (Å²) in [6, 6.07) is 4.69. The van der Waals surface area contributed by atoms with E-state index in [0.717, 1.165) is 0 Å². The van der Waals surface area contributed by atoms with Crippen LogP contribution in [0.15, 0.2) is 29.5 Å². The van der Waals surface area contributed by atoms with Crippen molar-refractivity contribution in [3.63, 3.8) is 0 Å². The zero-order valence-corrected chi connectivity index (χ0v) is 18.4. The molecule has 0 saturated heterocycles. The van der Waals surface area contributed by atoms with E-state index >= 15 is 0 Å². The number of carbonyl (C=O) groups is 2. The molecule has 160 valence electrons. The summed E-state index contributed by atoms with van der Waals surface area (Å²) in [7, 11) is 5.36. The summed E-state index contributed by atoms with van der Waals surface area (Å²) >= 11 is 0. The molecule has 1 heterocycles. The summed E-state index contributed by atoms with van der Waals surface area (Å²) in [6.07, 6.45) is -0.0265. The largest absolute Gasteiger partial charge is 0.503 e. The molecule has 0 aliphatic carbocycles. The van der Waals surface area contributed by atoms with Gasteiger partial charge >= 0.3 is 0 Å². The van der Waals surface area contributed by atoms with Gasteiger partial charge in [-0.3, -0.25) is 9.59 Å². The number of rotatable bonds is 9. The zero-order chi connectivity index (χ0) is 21.9. The molecule has 1 amide bonds. The second kappa shape index (κ2) is 9.31. The van der Waals surface area contributed by atoms with Crippen molar-refractivity contribution in [2.75, 3.05) is 34.3 Å². The summed E-state index contributed by atoms with van der Waals surface area (Å²) in [5, 5.41) is 10.5. The number of nitrogens with zero attached hydrogens (tertiary/aromatic N) is 2. The maximum Gasteiger partial charge on any atom is 0.290 e. The number of ketones is 1. The van der Waals surface area contributed by atoms with Gasteiger partial charge in [-0.05, 0) is 45.6 Å². The highest BCUT2D eigenvalue weighted by molar-refractivity contribution is 6.09. The fraction of sp³-hybridized carbons (Fsp3) is 0.545. The number of amides is 1. The number of methoxy groups -OCH3 is 1. The van der Waals surface area contributed by atoms with E-state index in [9.17, 15) is 14.7 Å². The average molecular weight is 405 g/mol. The predicted octanol–water partition coefficient (Wildman–Crippen LogP) is 2.96. The van der Waals surface area contributed by atoms with Crippen molar-refractivity contribution in [1.29, 1.82) is 0 Å². The molecule has 0 bridgehead atoms. The van der Waals surface area contributed by atoms with Crippen molar-refractivity contribution >= 4 is 11.7 Å². The molecule has 1 atom stereocenters. The van der Waals surface area contributed by atoms with Crippen LogP contribution in [-0.4, -0.2) is 67.0 Å². The lowest BCUT2D eigenvalue weighted by Gasteiger charge is -2.29. The first-order valence-corrected chi connectivity index (χ1v) is 9.86. The van der Waals surface area contributed by atoms with E-state index < -0.39 is 17.7 Å². The maximum absolute atomic E-state index is 12.9. The van der Waals surface area contributed by atoms with Crippen LogP contribution in [0.1, 0.15) is 39.3 Å². The summed E-state index contributed by atoms with van der Waals surface area (Å²) in [6.45, 7) is 8.34. The van der Waals surface area contributed by atoms with Crippen LogP contribution < -0.4 is 9.47 Å². The molecule has 0 fully saturated rings. The third-order valence-electron chi connectivity index (χ3n) is 4.75. The van der Waals surface area contributed by atoms with Crippen LogP contribution in [0.25, 0.3) is 0 Å². The molecule has 1 aliphatic rings. The summed E-state index contributed by atoms with van der Waals surface area (Å²) in [4.78, 5) is 29.2. The molecule has 1 aliphatic heterocycles. The van der Waals surface area contributed by atoms with Gasteiger partial charge in [0.25, 0.3) is 5.91 Å². The fourth-order valence-electron chi connectivity index (χ4n) is 3.31. The third-order valence-corrected chi connectivity index (χ3v) is 4.75. The smallest absolute Gasteiger partial charge is 0.290 e. The molecule has 1 unspecified atom stereocenters. The maximum atomic E-state index is 12.9. The van der Waals surface area contributed by atoms with E-state index in [1.165, 1.54) is 0 Å². The lowest BCUT2D eigenvalue weighted by Crippen LogP contribution is -2.36. The second-order valence-electron chi connectivity index (χ2n) is 8.06. The van der Waals surface area contributed by atoms with Gasteiger partial charge in [0.15, 0.2) is 23.0 Å². The summed E-state index contributed by atoms with van der Waals surface area (Å²) in [5.41, 5.74) is 0.835. The molecule has 0 aromatic heterocycles. The lowest BCUT2D eigenvalue weighted by atomic mass is 9.91. The van der Waals surface area contributed by atoms with Crippen molar-refractivity contribution in [3.8, 4) is 11.5 Å². The average Bonchev–Trinajstić information content (AvgIpc) is 2.90. The Morgan fingerprint density at radius 2 is 1.86 bits per heavy atom. The molecule has 0 radical (unpaired) electrons. The molecule has 7 heteroatoms. The van der Waals surface area contributed by atoms with Crippen LogP contribution in [0.5, 0.6) is 11.5 Å². The van der Waals surface area contributed by atoms with Crippen molar-refractivity contribution in [2.24, 2.45) is 5.92 Å². The lowest BCUT2D eigenvalue weighted by molar-refractivity contribution is -0.129. The number of likely N-dealkylation sites (N-methyl/N-ethyl adjacent to an activating group) is 1. The molecule has 0 saturated carbocycles. The predicted molar refractivity (Wildman–Crippen MR) is 111 cm³/mol.